The first-order valence-electron chi connectivity index (χ1n) is 6.31. The fourth-order valence-electron chi connectivity index (χ4n) is 1.92. The van der Waals surface area contributed by atoms with Crippen LogP contribution in [0.1, 0.15) is 28.8 Å². The van der Waals surface area contributed by atoms with Crippen LogP contribution < -0.4 is 10.6 Å². The van der Waals surface area contributed by atoms with Crippen LogP contribution in [0.25, 0.3) is 0 Å². The van der Waals surface area contributed by atoms with Crippen LogP contribution in [0.3, 0.4) is 0 Å². The van der Waals surface area contributed by atoms with Gasteiger partial charge >= 0.3 is 0 Å². The van der Waals surface area contributed by atoms with Crippen LogP contribution in [-0.4, -0.2) is 41.1 Å². The predicted molar refractivity (Wildman–Crippen MR) is 71.7 cm³/mol. The van der Waals surface area contributed by atoms with E-state index in [9.17, 15) is 9.59 Å². The molecule has 1 aromatic heterocycles. The molecule has 1 aliphatic heterocycles. The number of aliphatic hydroxyl groups is 1. The quantitative estimate of drug-likeness (QED) is 0.643. The third-order valence-electron chi connectivity index (χ3n) is 2.91. The third-order valence-corrected chi connectivity index (χ3v) is 2.91. The topological polar surface area (TPSA) is 91.3 Å². The number of aliphatic hydroxyl groups excluding tert-OH is 1. The minimum atomic E-state index is -0.258. The molecule has 2 heterocycles. The normalized spacial score (nSPS) is 17.1. The Labute approximate surface area is 116 Å². The first kappa shape index (κ1) is 14.0. The molecule has 1 aromatic rings. The number of nitrogens with zero attached hydrogens (tertiary/aromatic N) is 1. The van der Waals surface area contributed by atoms with Gasteiger partial charge in [-0.1, -0.05) is 11.8 Å². The largest absolute Gasteiger partial charge is 0.384 e. The van der Waals surface area contributed by atoms with E-state index in [0.29, 0.717) is 24.1 Å². The van der Waals surface area contributed by atoms with Crippen LogP contribution in [0.5, 0.6) is 0 Å². The predicted octanol–water partition coefficient (Wildman–Crippen LogP) is -0.566. The molecule has 104 valence electrons. The summed E-state index contributed by atoms with van der Waals surface area (Å²) in [5.41, 5.74) is 0.972. The Hall–Kier alpha value is -2.39. The molecule has 2 rings (SSSR count). The lowest BCUT2D eigenvalue weighted by atomic mass is 10.2. The summed E-state index contributed by atoms with van der Waals surface area (Å²) in [6, 6.07) is 1.61. The maximum absolute atomic E-state index is 11.9. The number of carbonyl (C=O) groups is 2. The standard InChI is InChI=1S/C14H15N3O3/c18-5-1-2-10-6-11(8-15-7-10)14(20)16-9-12-3-4-13(19)17-12/h6-8,12,18H,3-5,9H2,(H,16,20)(H,17,19). The van der Waals surface area contributed by atoms with Crippen LogP contribution in [-0.2, 0) is 4.79 Å². The van der Waals surface area contributed by atoms with Gasteiger partial charge < -0.3 is 15.7 Å². The SMILES string of the molecule is O=C1CCC(CNC(=O)c2cncc(C#CCO)c2)N1. The molecule has 1 fully saturated rings. The number of amides is 2. The van der Waals surface area contributed by atoms with Crippen molar-refractivity contribution in [2.45, 2.75) is 18.9 Å². The van der Waals surface area contributed by atoms with Crippen molar-refractivity contribution in [3.63, 3.8) is 0 Å². The van der Waals surface area contributed by atoms with E-state index in [0.717, 1.165) is 6.42 Å². The highest BCUT2D eigenvalue weighted by Crippen LogP contribution is 2.06. The van der Waals surface area contributed by atoms with Gasteiger partial charge in [0, 0.05) is 37.0 Å². The van der Waals surface area contributed by atoms with Crippen molar-refractivity contribution < 1.29 is 14.7 Å². The highest BCUT2D eigenvalue weighted by molar-refractivity contribution is 5.94. The van der Waals surface area contributed by atoms with Crippen molar-refractivity contribution in [2.24, 2.45) is 0 Å². The highest BCUT2D eigenvalue weighted by Gasteiger charge is 2.21. The van der Waals surface area contributed by atoms with E-state index in [2.05, 4.69) is 27.5 Å². The first-order chi connectivity index (χ1) is 9.69. The summed E-state index contributed by atoms with van der Waals surface area (Å²) in [6.45, 7) is 0.162. The third kappa shape index (κ3) is 3.80. The molecule has 1 aliphatic rings. The molecule has 0 spiro atoms. The molecule has 1 unspecified atom stereocenters. The summed E-state index contributed by atoms with van der Waals surface area (Å²) in [5.74, 6) is 4.95. The van der Waals surface area contributed by atoms with E-state index in [4.69, 9.17) is 5.11 Å². The summed E-state index contributed by atoms with van der Waals surface area (Å²) < 4.78 is 0. The van der Waals surface area contributed by atoms with Gasteiger partial charge in [-0.05, 0) is 12.5 Å². The second kappa shape index (κ2) is 6.68. The molecule has 0 saturated carbocycles. The second-order valence-electron chi connectivity index (χ2n) is 4.44. The van der Waals surface area contributed by atoms with Gasteiger partial charge in [0.05, 0.1) is 5.56 Å². The molecule has 1 saturated heterocycles. The monoisotopic (exact) mass is 273 g/mol. The van der Waals surface area contributed by atoms with E-state index in [1.807, 2.05) is 0 Å². The van der Waals surface area contributed by atoms with Crippen molar-refractivity contribution in [2.75, 3.05) is 13.2 Å². The van der Waals surface area contributed by atoms with Crippen LogP contribution in [0.4, 0.5) is 0 Å². The van der Waals surface area contributed by atoms with Crippen molar-refractivity contribution in [3.8, 4) is 11.8 Å². The zero-order valence-electron chi connectivity index (χ0n) is 10.8. The maximum Gasteiger partial charge on any atom is 0.252 e. The number of hydrogen-bond acceptors (Lipinski definition) is 4. The van der Waals surface area contributed by atoms with Crippen molar-refractivity contribution in [1.82, 2.24) is 15.6 Å². The van der Waals surface area contributed by atoms with Gasteiger partial charge in [-0.2, -0.15) is 0 Å². The van der Waals surface area contributed by atoms with Crippen molar-refractivity contribution in [3.05, 3.63) is 29.6 Å². The van der Waals surface area contributed by atoms with Gasteiger partial charge in [0.15, 0.2) is 0 Å². The van der Waals surface area contributed by atoms with Crippen LogP contribution in [0.2, 0.25) is 0 Å². The van der Waals surface area contributed by atoms with E-state index in [1.54, 1.807) is 6.07 Å². The van der Waals surface area contributed by atoms with Crippen LogP contribution in [0.15, 0.2) is 18.5 Å². The number of nitrogens with one attached hydrogen (secondary N) is 2. The van der Waals surface area contributed by atoms with Gasteiger partial charge in [-0.25, -0.2) is 0 Å². The summed E-state index contributed by atoms with van der Waals surface area (Å²) in [7, 11) is 0. The number of aromatic nitrogens is 1. The number of hydrogen-bond donors (Lipinski definition) is 3. The second-order valence-corrected chi connectivity index (χ2v) is 4.44. The van der Waals surface area contributed by atoms with Crippen LogP contribution >= 0.6 is 0 Å². The zero-order valence-corrected chi connectivity index (χ0v) is 10.8. The number of rotatable bonds is 3. The molecule has 6 heteroatoms. The summed E-state index contributed by atoms with van der Waals surface area (Å²) >= 11 is 0. The van der Waals surface area contributed by atoms with Gasteiger partial charge in [-0.3, -0.25) is 14.6 Å². The Balaban J connectivity index is 1.93. The lowest BCUT2D eigenvalue weighted by Crippen LogP contribution is -2.38. The highest BCUT2D eigenvalue weighted by atomic mass is 16.2. The lowest BCUT2D eigenvalue weighted by Gasteiger charge is -2.11. The molecule has 3 N–H and O–H groups in total. The van der Waals surface area contributed by atoms with Crippen molar-refractivity contribution >= 4 is 11.8 Å². The molecule has 0 bridgehead atoms. The Morgan fingerprint density at radius 3 is 3.10 bits per heavy atom. The Morgan fingerprint density at radius 2 is 2.40 bits per heavy atom. The number of carbonyl (C=O) groups excluding carboxylic acids is 2. The fourth-order valence-corrected chi connectivity index (χ4v) is 1.92. The molecule has 20 heavy (non-hydrogen) atoms. The number of pyridine rings is 1. The zero-order chi connectivity index (χ0) is 14.4. The van der Waals surface area contributed by atoms with Gasteiger partial charge in [-0.15, -0.1) is 0 Å². The molecular weight excluding hydrogens is 258 g/mol. The molecule has 0 aromatic carbocycles. The minimum Gasteiger partial charge on any atom is -0.384 e. The first-order valence-corrected chi connectivity index (χ1v) is 6.31. The smallest absolute Gasteiger partial charge is 0.252 e. The minimum absolute atomic E-state index is 0.00299. The van der Waals surface area contributed by atoms with E-state index < -0.39 is 0 Å². The maximum atomic E-state index is 11.9. The van der Waals surface area contributed by atoms with E-state index in [1.165, 1.54) is 12.4 Å². The molecule has 0 radical (unpaired) electrons. The lowest BCUT2D eigenvalue weighted by molar-refractivity contribution is -0.119. The molecule has 6 nitrogen and oxygen atoms in total. The van der Waals surface area contributed by atoms with Crippen LogP contribution in [0, 0.1) is 11.8 Å². The average Bonchev–Trinajstić information content (AvgIpc) is 2.88. The molecular formula is C14H15N3O3. The van der Waals surface area contributed by atoms with E-state index in [-0.39, 0.29) is 24.5 Å². The summed E-state index contributed by atoms with van der Waals surface area (Å²) in [5, 5.41) is 14.2. The summed E-state index contributed by atoms with van der Waals surface area (Å²) in [4.78, 5) is 26.9. The Kier molecular flexibility index (Phi) is 4.69. The van der Waals surface area contributed by atoms with Gasteiger partial charge in [0.1, 0.15) is 6.61 Å². The van der Waals surface area contributed by atoms with Crippen molar-refractivity contribution in [1.29, 1.82) is 0 Å². The summed E-state index contributed by atoms with van der Waals surface area (Å²) in [6.07, 6.45) is 4.22. The van der Waals surface area contributed by atoms with Gasteiger partial charge in [0.25, 0.3) is 5.91 Å². The fraction of sp³-hybridized carbons (Fsp3) is 0.357. The Bertz CT molecular complexity index is 575. The van der Waals surface area contributed by atoms with Gasteiger partial charge in [0.2, 0.25) is 5.91 Å². The molecule has 2 amide bonds. The average molecular weight is 273 g/mol. The van der Waals surface area contributed by atoms with E-state index >= 15 is 0 Å². The Morgan fingerprint density at radius 1 is 1.55 bits per heavy atom. The molecule has 0 aliphatic carbocycles. The molecule has 1 atom stereocenters.